The molecule has 0 aromatic heterocycles. The summed E-state index contributed by atoms with van der Waals surface area (Å²) >= 11 is 7.98. The highest BCUT2D eigenvalue weighted by Crippen LogP contribution is 2.10. The second-order valence-corrected chi connectivity index (χ2v) is 5.66. The van der Waals surface area contributed by atoms with E-state index in [0.717, 1.165) is 14.7 Å². The molecule has 1 amide bonds. The first-order valence-corrected chi connectivity index (χ1v) is 7.48. The molecule has 0 heterocycles. The molecule has 2 aromatic carbocycles. The van der Waals surface area contributed by atoms with Gasteiger partial charge in [-0.25, -0.2) is 0 Å². The minimum absolute atomic E-state index is 0.0604. The fourth-order valence-electron chi connectivity index (χ4n) is 1.74. The van der Waals surface area contributed by atoms with Crippen LogP contribution in [-0.4, -0.2) is 5.91 Å². The Labute approximate surface area is 131 Å². The molecule has 0 aliphatic rings. The zero-order chi connectivity index (χ0) is 13.7. The molecule has 0 aliphatic heterocycles. The Morgan fingerprint density at radius 1 is 1.11 bits per heavy atom. The van der Waals surface area contributed by atoms with Gasteiger partial charge in [-0.15, -0.1) is 11.6 Å². The second-order valence-electron chi connectivity index (χ2n) is 4.15. The number of carbonyl (C=O) groups excluding carboxylic acids is 1. The number of benzene rings is 2. The summed E-state index contributed by atoms with van der Waals surface area (Å²) in [5, 5.41) is 2.91. The van der Waals surface area contributed by atoms with Crippen LogP contribution in [0, 0.1) is 3.57 Å². The lowest BCUT2D eigenvalue weighted by atomic mass is 10.1. The van der Waals surface area contributed by atoms with E-state index in [1.807, 2.05) is 48.5 Å². The SMILES string of the molecule is O=C(NCc1cccc(CCl)c1)c1cccc(I)c1. The summed E-state index contributed by atoms with van der Waals surface area (Å²) in [4.78, 5) is 12.0. The van der Waals surface area contributed by atoms with Crippen LogP contribution in [0.5, 0.6) is 0 Å². The van der Waals surface area contributed by atoms with E-state index in [1.54, 1.807) is 0 Å². The Hall–Kier alpha value is -1.07. The predicted octanol–water partition coefficient (Wildman–Crippen LogP) is 3.96. The first-order chi connectivity index (χ1) is 9.19. The van der Waals surface area contributed by atoms with E-state index < -0.39 is 0 Å². The van der Waals surface area contributed by atoms with Crippen molar-refractivity contribution in [3.05, 3.63) is 68.8 Å². The Morgan fingerprint density at radius 3 is 2.58 bits per heavy atom. The molecule has 0 aliphatic carbocycles. The maximum absolute atomic E-state index is 12.0. The van der Waals surface area contributed by atoms with Crippen molar-refractivity contribution in [1.29, 1.82) is 0 Å². The monoisotopic (exact) mass is 385 g/mol. The van der Waals surface area contributed by atoms with Gasteiger partial charge in [0.15, 0.2) is 0 Å². The van der Waals surface area contributed by atoms with Crippen LogP contribution in [0.15, 0.2) is 48.5 Å². The molecule has 0 fully saturated rings. The summed E-state index contributed by atoms with van der Waals surface area (Å²) in [5.41, 5.74) is 2.79. The number of alkyl halides is 1. The smallest absolute Gasteiger partial charge is 0.251 e. The van der Waals surface area contributed by atoms with E-state index in [9.17, 15) is 4.79 Å². The third kappa shape index (κ3) is 4.21. The fourth-order valence-corrected chi connectivity index (χ4v) is 2.45. The van der Waals surface area contributed by atoms with E-state index in [2.05, 4.69) is 27.9 Å². The molecule has 0 radical (unpaired) electrons. The van der Waals surface area contributed by atoms with Crippen molar-refractivity contribution in [3.8, 4) is 0 Å². The van der Waals surface area contributed by atoms with Crippen molar-refractivity contribution in [1.82, 2.24) is 5.32 Å². The van der Waals surface area contributed by atoms with Gasteiger partial charge in [-0.05, 0) is 51.9 Å². The van der Waals surface area contributed by atoms with E-state index in [4.69, 9.17) is 11.6 Å². The van der Waals surface area contributed by atoms with Gasteiger partial charge in [0.05, 0.1) is 0 Å². The van der Waals surface area contributed by atoms with Crippen LogP contribution in [0.25, 0.3) is 0 Å². The quantitative estimate of drug-likeness (QED) is 0.626. The topological polar surface area (TPSA) is 29.1 Å². The highest BCUT2D eigenvalue weighted by Gasteiger charge is 2.05. The summed E-state index contributed by atoms with van der Waals surface area (Å²) in [6.45, 7) is 0.509. The van der Waals surface area contributed by atoms with E-state index in [-0.39, 0.29) is 5.91 Å². The Bertz CT molecular complexity index is 586. The summed E-state index contributed by atoms with van der Waals surface area (Å²) in [7, 11) is 0. The third-order valence-corrected chi connectivity index (χ3v) is 3.67. The largest absolute Gasteiger partial charge is 0.348 e. The average molecular weight is 386 g/mol. The molecule has 4 heteroatoms. The van der Waals surface area contributed by atoms with Gasteiger partial charge in [0, 0.05) is 21.6 Å². The van der Waals surface area contributed by atoms with Crippen molar-refractivity contribution in [2.75, 3.05) is 0 Å². The van der Waals surface area contributed by atoms with Gasteiger partial charge in [0.1, 0.15) is 0 Å². The third-order valence-electron chi connectivity index (χ3n) is 2.69. The minimum Gasteiger partial charge on any atom is -0.348 e. The van der Waals surface area contributed by atoms with Crippen LogP contribution in [0.1, 0.15) is 21.5 Å². The molecular formula is C15H13ClINO. The fraction of sp³-hybridized carbons (Fsp3) is 0.133. The van der Waals surface area contributed by atoms with Crippen molar-refractivity contribution in [3.63, 3.8) is 0 Å². The Kier molecular flexibility index (Phi) is 5.22. The molecule has 1 N–H and O–H groups in total. The number of hydrogen-bond acceptors (Lipinski definition) is 1. The molecule has 0 saturated heterocycles. The number of halogens is 2. The summed E-state index contributed by atoms with van der Waals surface area (Å²) in [6.07, 6.45) is 0. The molecule has 0 bridgehead atoms. The predicted molar refractivity (Wildman–Crippen MR) is 86.3 cm³/mol. The number of nitrogens with one attached hydrogen (secondary N) is 1. The van der Waals surface area contributed by atoms with Gasteiger partial charge in [0.25, 0.3) is 5.91 Å². The molecule has 0 saturated carbocycles. The molecule has 2 aromatic rings. The number of carbonyl (C=O) groups is 1. The van der Waals surface area contributed by atoms with Gasteiger partial charge >= 0.3 is 0 Å². The van der Waals surface area contributed by atoms with Crippen LogP contribution in [0.3, 0.4) is 0 Å². The highest BCUT2D eigenvalue weighted by atomic mass is 127. The molecular weight excluding hydrogens is 373 g/mol. The average Bonchev–Trinajstić information content (AvgIpc) is 2.45. The van der Waals surface area contributed by atoms with Crippen LogP contribution >= 0.6 is 34.2 Å². The maximum atomic E-state index is 12.0. The first kappa shape index (κ1) is 14.3. The zero-order valence-electron chi connectivity index (χ0n) is 10.2. The van der Waals surface area contributed by atoms with Crippen molar-refractivity contribution in [2.45, 2.75) is 12.4 Å². The molecule has 98 valence electrons. The van der Waals surface area contributed by atoms with Crippen LogP contribution in [0.4, 0.5) is 0 Å². The molecule has 2 nitrogen and oxygen atoms in total. The number of amides is 1. The van der Waals surface area contributed by atoms with Crippen LogP contribution < -0.4 is 5.32 Å². The van der Waals surface area contributed by atoms with Gasteiger partial charge in [0.2, 0.25) is 0 Å². The summed E-state index contributed by atoms with van der Waals surface area (Å²) < 4.78 is 1.05. The molecule has 2 rings (SSSR count). The molecule has 0 unspecified atom stereocenters. The Morgan fingerprint density at radius 2 is 1.84 bits per heavy atom. The van der Waals surface area contributed by atoms with Gasteiger partial charge in [-0.2, -0.15) is 0 Å². The lowest BCUT2D eigenvalue weighted by Gasteiger charge is -2.07. The molecule has 0 atom stereocenters. The van der Waals surface area contributed by atoms with E-state index >= 15 is 0 Å². The number of rotatable bonds is 4. The maximum Gasteiger partial charge on any atom is 0.251 e. The minimum atomic E-state index is -0.0604. The van der Waals surface area contributed by atoms with Crippen molar-refractivity contribution < 1.29 is 4.79 Å². The number of hydrogen-bond donors (Lipinski definition) is 1. The first-order valence-electron chi connectivity index (χ1n) is 5.86. The van der Waals surface area contributed by atoms with Gasteiger partial charge in [-0.1, -0.05) is 30.3 Å². The normalized spacial score (nSPS) is 10.2. The van der Waals surface area contributed by atoms with Crippen molar-refractivity contribution in [2.24, 2.45) is 0 Å². The van der Waals surface area contributed by atoms with Crippen molar-refractivity contribution >= 4 is 40.1 Å². The van der Waals surface area contributed by atoms with Crippen LogP contribution in [-0.2, 0) is 12.4 Å². The zero-order valence-corrected chi connectivity index (χ0v) is 13.1. The van der Waals surface area contributed by atoms with Crippen LogP contribution in [0.2, 0.25) is 0 Å². The highest BCUT2D eigenvalue weighted by molar-refractivity contribution is 14.1. The lowest BCUT2D eigenvalue weighted by Crippen LogP contribution is -2.22. The van der Waals surface area contributed by atoms with Gasteiger partial charge < -0.3 is 5.32 Å². The summed E-state index contributed by atoms with van der Waals surface area (Å²) in [5.74, 6) is 0.424. The standard InChI is InChI=1S/C15H13ClINO/c16-9-11-3-1-4-12(7-11)10-18-15(19)13-5-2-6-14(17)8-13/h1-8H,9-10H2,(H,18,19). The molecule has 19 heavy (non-hydrogen) atoms. The van der Waals surface area contributed by atoms with E-state index in [1.165, 1.54) is 0 Å². The van der Waals surface area contributed by atoms with Gasteiger partial charge in [-0.3, -0.25) is 4.79 Å². The van der Waals surface area contributed by atoms with E-state index in [0.29, 0.717) is 18.0 Å². The molecule has 0 spiro atoms. The lowest BCUT2D eigenvalue weighted by molar-refractivity contribution is 0.0951. The second kappa shape index (κ2) is 6.91. The Balaban J connectivity index is 2.00. The summed E-state index contributed by atoms with van der Waals surface area (Å²) in [6, 6.07) is 15.4.